The number of carbonyl (C=O) groups is 2. The van der Waals surface area contributed by atoms with Crippen LogP contribution in [0.25, 0.3) is 0 Å². The third kappa shape index (κ3) is 3.11. The molecule has 0 spiro atoms. The van der Waals surface area contributed by atoms with Gasteiger partial charge in [0, 0.05) is 16.9 Å². The van der Waals surface area contributed by atoms with Crippen LogP contribution in [0, 0.1) is 0 Å². The number of aldehydes is 1. The fourth-order valence-corrected chi connectivity index (χ4v) is 2.05. The van der Waals surface area contributed by atoms with Crippen molar-refractivity contribution in [2.24, 2.45) is 0 Å². The lowest BCUT2D eigenvalue weighted by Gasteiger charge is -1.96. The predicted molar refractivity (Wildman–Crippen MR) is 53.3 cm³/mol. The zero-order chi connectivity index (χ0) is 9.68. The van der Waals surface area contributed by atoms with Crippen molar-refractivity contribution < 1.29 is 9.59 Å². The highest BCUT2D eigenvalue weighted by Gasteiger charge is 2.03. The van der Waals surface area contributed by atoms with Gasteiger partial charge in [-0.25, -0.2) is 0 Å². The summed E-state index contributed by atoms with van der Waals surface area (Å²) in [5.41, 5.74) is 0.772. The number of hydrogen-bond donors (Lipinski definition) is 0. The molecule has 0 aliphatic carbocycles. The van der Waals surface area contributed by atoms with Gasteiger partial charge in [-0.2, -0.15) is 0 Å². The smallest absolute Gasteiger partial charge is 0.151 e. The first-order valence-corrected chi connectivity index (χ1v) is 5.13. The second kappa shape index (κ2) is 4.92. The highest BCUT2D eigenvalue weighted by atomic mass is 32.1. The van der Waals surface area contributed by atoms with Crippen molar-refractivity contribution in [2.45, 2.75) is 26.2 Å². The topological polar surface area (TPSA) is 34.1 Å². The summed E-state index contributed by atoms with van der Waals surface area (Å²) in [6, 6.07) is 1.82. The minimum atomic E-state index is 0.212. The van der Waals surface area contributed by atoms with Crippen LogP contribution in [-0.2, 0) is 11.2 Å². The summed E-state index contributed by atoms with van der Waals surface area (Å²) in [4.78, 5) is 22.3. The van der Waals surface area contributed by atoms with Crippen LogP contribution in [-0.4, -0.2) is 12.1 Å². The van der Waals surface area contributed by atoms with Crippen LogP contribution >= 0.6 is 11.3 Å². The summed E-state index contributed by atoms with van der Waals surface area (Å²) in [6.45, 7) is 1.59. The molecule has 1 rings (SSSR count). The Morgan fingerprint density at radius 2 is 2.38 bits per heavy atom. The molecule has 0 atom stereocenters. The predicted octanol–water partition coefficient (Wildman–Crippen LogP) is 2.47. The monoisotopic (exact) mass is 196 g/mol. The van der Waals surface area contributed by atoms with Crippen LogP contribution in [0.3, 0.4) is 0 Å². The molecule has 3 heteroatoms. The Morgan fingerprint density at radius 3 is 3.00 bits per heavy atom. The average Bonchev–Trinajstić information content (AvgIpc) is 2.51. The molecule has 0 unspecified atom stereocenters. The Kier molecular flexibility index (Phi) is 3.83. The molecule has 0 fully saturated rings. The standard InChI is InChI=1S/C10H12O2S/c1-8(12)3-2-4-10-9(7-11)5-6-13-10/h5-7H,2-4H2,1H3. The molecule has 0 aliphatic heterocycles. The fraction of sp³-hybridized carbons (Fsp3) is 0.400. The molecule has 0 bridgehead atoms. The largest absolute Gasteiger partial charge is 0.300 e. The molecular weight excluding hydrogens is 184 g/mol. The van der Waals surface area contributed by atoms with Crippen LogP contribution in [0.5, 0.6) is 0 Å². The second-order valence-corrected chi connectivity index (χ2v) is 3.97. The third-order valence-corrected chi connectivity index (χ3v) is 2.84. The molecule has 0 aromatic carbocycles. The van der Waals surface area contributed by atoms with Crippen molar-refractivity contribution in [3.05, 3.63) is 21.9 Å². The molecule has 13 heavy (non-hydrogen) atoms. The van der Waals surface area contributed by atoms with E-state index in [0.717, 1.165) is 29.6 Å². The molecule has 70 valence electrons. The molecule has 0 amide bonds. The molecule has 1 aromatic heterocycles. The number of carbonyl (C=O) groups excluding carboxylic acids is 2. The minimum Gasteiger partial charge on any atom is -0.300 e. The lowest BCUT2D eigenvalue weighted by Crippen LogP contribution is -1.92. The zero-order valence-electron chi connectivity index (χ0n) is 7.58. The summed E-state index contributed by atoms with van der Waals surface area (Å²) in [5, 5.41) is 1.91. The summed E-state index contributed by atoms with van der Waals surface area (Å²) in [6.07, 6.45) is 3.16. The maximum atomic E-state index is 10.7. The van der Waals surface area contributed by atoms with E-state index >= 15 is 0 Å². The van der Waals surface area contributed by atoms with Crippen LogP contribution in [0.1, 0.15) is 35.0 Å². The van der Waals surface area contributed by atoms with Crippen molar-refractivity contribution >= 4 is 23.4 Å². The van der Waals surface area contributed by atoms with Crippen LogP contribution in [0.4, 0.5) is 0 Å². The van der Waals surface area contributed by atoms with Crippen molar-refractivity contribution in [1.29, 1.82) is 0 Å². The fourth-order valence-electron chi connectivity index (χ4n) is 1.16. The number of Topliss-reactive ketones (excluding diaryl/α,β-unsaturated/α-hetero) is 1. The Bertz CT molecular complexity index is 302. The highest BCUT2D eigenvalue weighted by Crippen LogP contribution is 2.17. The maximum absolute atomic E-state index is 10.7. The first-order chi connectivity index (χ1) is 6.24. The van der Waals surface area contributed by atoms with Crippen molar-refractivity contribution in [2.75, 3.05) is 0 Å². The van der Waals surface area contributed by atoms with E-state index in [1.807, 2.05) is 11.4 Å². The molecule has 1 heterocycles. The van der Waals surface area contributed by atoms with Gasteiger partial charge in [-0.1, -0.05) is 0 Å². The first kappa shape index (κ1) is 10.1. The Hall–Kier alpha value is -0.960. The molecule has 2 nitrogen and oxygen atoms in total. The van der Waals surface area contributed by atoms with Crippen LogP contribution < -0.4 is 0 Å². The van der Waals surface area contributed by atoms with E-state index in [4.69, 9.17) is 0 Å². The summed E-state index contributed by atoms with van der Waals surface area (Å²) >= 11 is 1.58. The van der Waals surface area contributed by atoms with Gasteiger partial charge in [0.2, 0.25) is 0 Å². The number of hydrogen-bond acceptors (Lipinski definition) is 3. The summed E-state index contributed by atoms with van der Waals surface area (Å²) < 4.78 is 0. The first-order valence-electron chi connectivity index (χ1n) is 4.25. The minimum absolute atomic E-state index is 0.212. The third-order valence-electron chi connectivity index (χ3n) is 1.84. The van der Waals surface area contributed by atoms with Gasteiger partial charge in [-0.3, -0.25) is 4.79 Å². The molecule has 0 saturated heterocycles. The lowest BCUT2D eigenvalue weighted by molar-refractivity contribution is -0.117. The number of rotatable bonds is 5. The van der Waals surface area contributed by atoms with E-state index in [1.54, 1.807) is 18.3 Å². The molecule has 0 N–H and O–H groups in total. The van der Waals surface area contributed by atoms with Gasteiger partial charge in [-0.05, 0) is 31.2 Å². The van der Waals surface area contributed by atoms with E-state index in [2.05, 4.69) is 0 Å². The zero-order valence-corrected chi connectivity index (χ0v) is 8.39. The van der Waals surface area contributed by atoms with Gasteiger partial charge in [0.15, 0.2) is 6.29 Å². The summed E-state index contributed by atoms with van der Waals surface area (Å²) in [5.74, 6) is 0.212. The molecule has 0 radical (unpaired) electrons. The molecular formula is C10H12O2S. The van der Waals surface area contributed by atoms with Gasteiger partial charge in [0.1, 0.15) is 5.78 Å². The lowest BCUT2D eigenvalue weighted by atomic mass is 10.1. The van der Waals surface area contributed by atoms with E-state index in [0.29, 0.717) is 6.42 Å². The maximum Gasteiger partial charge on any atom is 0.151 e. The van der Waals surface area contributed by atoms with Gasteiger partial charge < -0.3 is 4.79 Å². The van der Waals surface area contributed by atoms with Crippen LogP contribution in [0.2, 0.25) is 0 Å². The summed E-state index contributed by atoms with van der Waals surface area (Å²) in [7, 11) is 0. The van der Waals surface area contributed by atoms with Gasteiger partial charge in [0.05, 0.1) is 0 Å². The Morgan fingerprint density at radius 1 is 1.62 bits per heavy atom. The number of ketones is 1. The highest BCUT2D eigenvalue weighted by molar-refractivity contribution is 7.10. The second-order valence-electron chi connectivity index (χ2n) is 2.97. The Labute approximate surface area is 81.6 Å². The molecule has 1 aromatic rings. The van der Waals surface area contributed by atoms with Gasteiger partial charge in [-0.15, -0.1) is 11.3 Å². The van der Waals surface area contributed by atoms with Crippen molar-refractivity contribution in [3.8, 4) is 0 Å². The van der Waals surface area contributed by atoms with Crippen molar-refractivity contribution in [3.63, 3.8) is 0 Å². The van der Waals surface area contributed by atoms with Crippen molar-refractivity contribution in [1.82, 2.24) is 0 Å². The number of thiophene rings is 1. The van der Waals surface area contributed by atoms with Gasteiger partial charge >= 0.3 is 0 Å². The van der Waals surface area contributed by atoms with E-state index in [-0.39, 0.29) is 5.78 Å². The SMILES string of the molecule is CC(=O)CCCc1sccc1C=O. The number of aryl methyl sites for hydroxylation is 1. The van der Waals surface area contributed by atoms with Crippen LogP contribution in [0.15, 0.2) is 11.4 Å². The van der Waals surface area contributed by atoms with E-state index < -0.39 is 0 Å². The molecule has 0 saturated carbocycles. The van der Waals surface area contributed by atoms with E-state index in [1.165, 1.54) is 0 Å². The average molecular weight is 196 g/mol. The normalized spacial score (nSPS) is 9.92. The van der Waals surface area contributed by atoms with E-state index in [9.17, 15) is 9.59 Å². The Balaban J connectivity index is 2.44. The quantitative estimate of drug-likeness (QED) is 0.678. The van der Waals surface area contributed by atoms with Gasteiger partial charge in [0.25, 0.3) is 0 Å². The molecule has 0 aliphatic rings.